The molecule has 1 aliphatic rings. The van der Waals surface area contributed by atoms with Gasteiger partial charge in [-0.3, -0.25) is 9.59 Å². The summed E-state index contributed by atoms with van der Waals surface area (Å²) in [6.07, 6.45) is 0.771. The van der Waals surface area contributed by atoms with E-state index in [1.54, 1.807) is 53.4 Å². The van der Waals surface area contributed by atoms with Gasteiger partial charge in [0.15, 0.2) is 0 Å². The first-order chi connectivity index (χ1) is 14.4. The minimum Gasteiger partial charge on any atom is -0.346 e. The Morgan fingerprint density at radius 2 is 1.70 bits per heavy atom. The summed E-state index contributed by atoms with van der Waals surface area (Å²) in [5.74, 6) is -0.217. The average molecular weight is 439 g/mol. The zero-order chi connectivity index (χ0) is 21.3. The number of nitrogens with one attached hydrogen (secondary N) is 1. The Hall–Kier alpha value is -2.82. The fraction of sp³-hybridized carbons (Fsp3) is 0.167. The number of amides is 2. The number of hydrogen-bond donors (Lipinski definition) is 1. The highest BCUT2D eigenvalue weighted by molar-refractivity contribution is 6.31. The van der Waals surface area contributed by atoms with Gasteiger partial charge in [0, 0.05) is 33.4 Å². The van der Waals surface area contributed by atoms with Gasteiger partial charge in [-0.05, 0) is 73.0 Å². The first kappa shape index (κ1) is 20.5. The lowest BCUT2D eigenvalue weighted by Gasteiger charge is -2.19. The molecule has 0 spiro atoms. The lowest BCUT2D eigenvalue weighted by molar-refractivity contribution is 0.0938. The van der Waals surface area contributed by atoms with Crippen molar-refractivity contribution < 1.29 is 9.59 Å². The summed E-state index contributed by atoms with van der Waals surface area (Å²) in [6.45, 7) is 2.56. The number of fused-ring (bicyclic) bond motifs is 1. The molecule has 1 atom stereocenters. The summed E-state index contributed by atoms with van der Waals surface area (Å²) < 4.78 is 0. The molecule has 4 nitrogen and oxygen atoms in total. The molecule has 1 N–H and O–H groups in total. The second-order valence-corrected chi connectivity index (χ2v) is 8.18. The van der Waals surface area contributed by atoms with Crippen LogP contribution in [0.3, 0.4) is 0 Å². The van der Waals surface area contributed by atoms with Crippen LogP contribution in [-0.2, 0) is 6.42 Å². The molecule has 0 aromatic heterocycles. The second kappa shape index (κ2) is 8.50. The van der Waals surface area contributed by atoms with E-state index in [1.165, 1.54) is 0 Å². The third-order valence-electron chi connectivity index (χ3n) is 5.27. The molecule has 6 heteroatoms. The smallest absolute Gasteiger partial charge is 0.258 e. The van der Waals surface area contributed by atoms with Gasteiger partial charge in [-0.1, -0.05) is 41.4 Å². The minimum atomic E-state index is -0.170. The summed E-state index contributed by atoms with van der Waals surface area (Å²) in [7, 11) is 0. The number of benzene rings is 3. The monoisotopic (exact) mass is 438 g/mol. The van der Waals surface area contributed by atoms with Crippen molar-refractivity contribution in [1.82, 2.24) is 5.32 Å². The molecule has 30 heavy (non-hydrogen) atoms. The summed E-state index contributed by atoms with van der Waals surface area (Å²) in [5, 5.41) is 4.15. The maximum atomic E-state index is 12.9. The van der Waals surface area contributed by atoms with Gasteiger partial charge in [0.05, 0.1) is 6.04 Å². The normalized spacial score (nSPS) is 13.6. The van der Waals surface area contributed by atoms with E-state index >= 15 is 0 Å². The summed E-state index contributed by atoms with van der Waals surface area (Å²) >= 11 is 11.9. The molecule has 0 fully saturated rings. The van der Waals surface area contributed by atoms with E-state index in [4.69, 9.17) is 23.2 Å². The Balaban J connectivity index is 1.50. The van der Waals surface area contributed by atoms with Gasteiger partial charge in [-0.2, -0.15) is 0 Å². The van der Waals surface area contributed by atoms with Crippen LogP contribution in [0.4, 0.5) is 5.69 Å². The Labute approximate surface area is 185 Å². The quantitative estimate of drug-likeness (QED) is 0.568. The van der Waals surface area contributed by atoms with Crippen molar-refractivity contribution in [3.05, 3.63) is 99.0 Å². The topological polar surface area (TPSA) is 49.4 Å². The largest absolute Gasteiger partial charge is 0.346 e. The zero-order valence-corrected chi connectivity index (χ0v) is 17.9. The predicted octanol–water partition coefficient (Wildman–Crippen LogP) is 5.69. The van der Waals surface area contributed by atoms with Crippen LogP contribution in [0, 0.1) is 0 Å². The molecule has 0 bridgehead atoms. The highest BCUT2D eigenvalue weighted by Gasteiger charge is 2.26. The van der Waals surface area contributed by atoms with E-state index < -0.39 is 0 Å². The van der Waals surface area contributed by atoms with Crippen LogP contribution in [0.25, 0.3) is 0 Å². The highest BCUT2D eigenvalue weighted by atomic mass is 35.5. The molecule has 0 saturated carbocycles. The Kier molecular flexibility index (Phi) is 5.80. The van der Waals surface area contributed by atoms with Crippen LogP contribution in [0.15, 0.2) is 66.7 Å². The second-order valence-electron chi connectivity index (χ2n) is 7.31. The van der Waals surface area contributed by atoms with Gasteiger partial charge in [0.1, 0.15) is 0 Å². The molecule has 0 aliphatic carbocycles. The van der Waals surface area contributed by atoms with Crippen molar-refractivity contribution in [3.63, 3.8) is 0 Å². The molecule has 4 rings (SSSR count). The number of carbonyl (C=O) groups is 2. The Morgan fingerprint density at radius 1 is 0.933 bits per heavy atom. The molecule has 0 radical (unpaired) electrons. The first-order valence-electron chi connectivity index (χ1n) is 9.69. The van der Waals surface area contributed by atoms with Crippen molar-refractivity contribution in [1.29, 1.82) is 0 Å². The van der Waals surface area contributed by atoms with Gasteiger partial charge in [-0.15, -0.1) is 0 Å². The molecular weight excluding hydrogens is 419 g/mol. The lowest BCUT2D eigenvalue weighted by atomic mass is 10.0. The molecule has 152 valence electrons. The van der Waals surface area contributed by atoms with E-state index in [0.717, 1.165) is 23.2 Å². The molecule has 2 amide bonds. The van der Waals surface area contributed by atoms with E-state index in [2.05, 4.69) is 11.4 Å². The third kappa shape index (κ3) is 4.20. The predicted molar refractivity (Wildman–Crippen MR) is 121 cm³/mol. The molecule has 3 aromatic carbocycles. The number of rotatable bonds is 4. The van der Waals surface area contributed by atoms with Crippen molar-refractivity contribution in [2.24, 2.45) is 0 Å². The zero-order valence-electron chi connectivity index (χ0n) is 16.4. The van der Waals surface area contributed by atoms with Gasteiger partial charge >= 0.3 is 0 Å². The van der Waals surface area contributed by atoms with Crippen LogP contribution >= 0.6 is 23.2 Å². The molecular formula is C24H20Cl2N2O2. The van der Waals surface area contributed by atoms with Crippen LogP contribution in [0.2, 0.25) is 10.0 Å². The van der Waals surface area contributed by atoms with Gasteiger partial charge in [0.25, 0.3) is 11.8 Å². The maximum absolute atomic E-state index is 12.9. The fourth-order valence-corrected chi connectivity index (χ4v) is 3.96. The van der Waals surface area contributed by atoms with Gasteiger partial charge in [-0.25, -0.2) is 0 Å². The fourth-order valence-electron chi connectivity index (χ4n) is 3.64. The lowest BCUT2D eigenvalue weighted by Crippen LogP contribution is -2.29. The van der Waals surface area contributed by atoms with E-state index in [9.17, 15) is 9.59 Å². The number of hydrogen-bond acceptors (Lipinski definition) is 2. The number of anilines is 1. The molecule has 3 aromatic rings. The molecule has 1 heterocycles. The van der Waals surface area contributed by atoms with E-state index in [0.29, 0.717) is 27.7 Å². The van der Waals surface area contributed by atoms with Gasteiger partial charge in [0.2, 0.25) is 0 Å². The van der Waals surface area contributed by atoms with Crippen molar-refractivity contribution in [2.75, 3.05) is 11.4 Å². The average Bonchev–Trinajstić information content (AvgIpc) is 3.16. The number of nitrogens with zero attached hydrogens (tertiary/aromatic N) is 1. The highest BCUT2D eigenvalue weighted by Crippen LogP contribution is 2.32. The van der Waals surface area contributed by atoms with Crippen molar-refractivity contribution in [2.45, 2.75) is 19.4 Å². The van der Waals surface area contributed by atoms with Gasteiger partial charge < -0.3 is 10.2 Å². The van der Waals surface area contributed by atoms with Crippen molar-refractivity contribution >= 4 is 40.7 Å². The standard InChI is InChI=1S/C24H20Cl2N2O2/c1-15(27-23(29)16-5-8-20(25)9-6-16)17-7-10-22-18(13-17)11-12-28(22)24(30)19-3-2-4-21(26)14-19/h2-10,13-15H,11-12H2,1H3,(H,27,29)/t15-/m0/s1. The number of carbonyl (C=O) groups excluding carboxylic acids is 2. The van der Waals surface area contributed by atoms with Crippen LogP contribution < -0.4 is 10.2 Å². The summed E-state index contributed by atoms with van der Waals surface area (Å²) in [4.78, 5) is 27.2. The van der Waals surface area contributed by atoms with E-state index in [1.807, 2.05) is 19.1 Å². The minimum absolute atomic E-state index is 0.0620. The summed E-state index contributed by atoms with van der Waals surface area (Å²) in [6, 6.07) is 19.6. The van der Waals surface area contributed by atoms with Crippen molar-refractivity contribution in [3.8, 4) is 0 Å². The Bertz CT molecular complexity index is 1110. The molecule has 0 saturated heterocycles. The first-order valence-corrected chi connectivity index (χ1v) is 10.4. The number of halogens is 2. The third-order valence-corrected chi connectivity index (χ3v) is 5.76. The summed E-state index contributed by atoms with van der Waals surface area (Å²) in [5.41, 5.74) is 4.12. The molecule has 1 aliphatic heterocycles. The van der Waals surface area contributed by atoms with Crippen LogP contribution in [-0.4, -0.2) is 18.4 Å². The molecule has 0 unspecified atom stereocenters. The van der Waals surface area contributed by atoms with E-state index in [-0.39, 0.29) is 17.9 Å². The SMILES string of the molecule is C[C@H](NC(=O)c1ccc(Cl)cc1)c1ccc2c(c1)CCN2C(=O)c1cccc(Cl)c1. The maximum Gasteiger partial charge on any atom is 0.258 e. The Morgan fingerprint density at radius 3 is 2.43 bits per heavy atom. The van der Waals surface area contributed by atoms with Crippen LogP contribution in [0.1, 0.15) is 44.8 Å². The van der Waals surface area contributed by atoms with Crippen LogP contribution in [0.5, 0.6) is 0 Å².